The first-order valence-electron chi connectivity index (χ1n) is 7.92. The van der Waals surface area contributed by atoms with Gasteiger partial charge in [-0.25, -0.2) is 4.39 Å². The highest BCUT2D eigenvalue weighted by Crippen LogP contribution is 2.19. The zero-order valence-electron chi connectivity index (χ0n) is 14.2. The van der Waals surface area contributed by atoms with Crippen molar-refractivity contribution < 1.29 is 13.9 Å². The maximum Gasteiger partial charge on any atom is 0.244 e. The van der Waals surface area contributed by atoms with Crippen LogP contribution in [0.15, 0.2) is 48.5 Å². The van der Waals surface area contributed by atoms with E-state index >= 15 is 0 Å². The van der Waals surface area contributed by atoms with E-state index in [1.807, 2.05) is 38.1 Å². The lowest BCUT2D eigenvalue weighted by Crippen LogP contribution is -2.26. The second-order valence-corrected chi connectivity index (χ2v) is 5.61. The van der Waals surface area contributed by atoms with E-state index in [9.17, 15) is 9.18 Å². The highest BCUT2D eigenvalue weighted by atomic mass is 19.1. The van der Waals surface area contributed by atoms with Crippen molar-refractivity contribution in [2.45, 2.75) is 26.3 Å². The summed E-state index contributed by atoms with van der Waals surface area (Å²) in [6, 6.07) is 12.6. The van der Waals surface area contributed by atoms with Gasteiger partial charge in [-0.3, -0.25) is 4.79 Å². The van der Waals surface area contributed by atoms with Crippen molar-refractivity contribution in [2.24, 2.45) is 0 Å². The predicted molar refractivity (Wildman–Crippen MR) is 94.3 cm³/mol. The molecule has 24 heavy (non-hydrogen) atoms. The van der Waals surface area contributed by atoms with Gasteiger partial charge in [0, 0.05) is 6.08 Å². The summed E-state index contributed by atoms with van der Waals surface area (Å²) in [6.07, 6.45) is 3.79. The van der Waals surface area contributed by atoms with Crippen LogP contribution in [0.5, 0.6) is 5.75 Å². The zero-order chi connectivity index (χ0) is 17.5. The molecular weight excluding hydrogens is 305 g/mol. The van der Waals surface area contributed by atoms with Crippen molar-refractivity contribution >= 4 is 12.0 Å². The highest BCUT2D eigenvalue weighted by molar-refractivity contribution is 5.92. The Morgan fingerprint density at radius 1 is 1.25 bits per heavy atom. The number of hydrogen-bond donors (Lipinski definition) is 1. The molecule has 0 heterocycles. The molecule has 0 bridgehead atoms. The number of halogens is 1. The SMILES string of the molecule is CC[C@@H](NC(=O)/C=C/c1ccc(OC)c(F)c1)c1ccc(C)cc1. The third-order valence-corrected chi connectivity index (χ3v) is 3.81. The summed E-state index contributed by atoms with van der Waals surface area (Å²) in [5, 5.41) is 2.97. The van der Waals surface area contributed by atoms with Crippen LogP contribution in [-0.2, 0) is 4.79 Å². The fourth-order valence-corrected chi connectivity index (χ4v) is 2.40. The second-order valence-electron chi connectivity index (χ2n) is 5.61. The Bertz CT molecular complexity index is 723. The summed E-state index contributed by atoms with van der Waals surface area (Å²) in [4.78, 5) is 12.1. The monoisotopic (exact) mass is 327 g/mol. The molecular formula is C20H22FNO2. The van der Waals surface area contributed by atoms with Gasteiger partial charge < -0.3 is 10.1 Å². The molecule has 1 atom stereocenters. The summed E-state index contributed by atoms with van der Waals surface area (Å²) < 4.78 is 18.5. The van der Waals surface area contributed by atoms with E-state index in [2.05, 4.69) is 5.32 Å². The van der Waals surface area contributed by atoms with Gasteiger partial charge in [0.05, 0.1) is 13.2 Å². The number of benzene rings is 2. The third-order valence-electron chi connectivity index (χ3n) is 3.81. The standard InChI is InChI=1S/C20H22FNO2/c1-4-18(16-9-5-14(2)6-10-16)22-20(23)12-8-15-7-11-19(24-3)17(21)13-15/h5-13,18H,4H2,1-3H3,(H,22,23)/b12-8+/t18-/m1/s1. The molecule has 2 aromatic carbocycles. The van der Waals surface area contributed by atoms with E-state index in [0.717, 1.165) is 12.0 Å². The first-order chi connectivity index (χ1) is 11.5. The molecule has 0 unspecified atom stereocenters. The summed E-state index contributed by atoms with van der Waals surface area (Å²) in [5.74, 6) is -0.480. The maximum atomic E-state index is 13.6. The molecule has 0 saturated carbocycles. The van der Waals surface area contributed by atoms with Gasteiger partial charge in [-0.15, -0.1) is 0 Å². The van der Waals surface area contributed by atoms with Crippen molar-refractivity contribution in [3.05, 3.63) is 71.0 Å². The third kappa shape index (κ3) is 4.69. The Kier molecular flexibility index (Phi) is 6.13. The van der Waals surface area contributed by atoms with Crippen LogP contribution in [0, 0.1) is 12.7 Å². The topological polar surface area (TPSA) is 38.3 Å². The van der Waals surface area contributed by atoms with Crippen molar-refractivity contribution in [3.63, 3.8) is 0 Å². The van der Waals surface area contributed by atoms with E-state index in [-0.39, 0.29) is 17.7 Å². The minimum Gasteiger partial charge on any atom is -0.494 e. The van der Waals surface area contributed by atoms with Gasteiger partial charge in [0.25, 0.3) is 0 Å². The van der Waals surface area contributed by atoms with E-state index in [1.165, 1.54) is 30.9 Å². The van der Waals surface area contributed by atoms with Gasteiger partial charge in [-0.1, -0.05) is 42.8 Å². The molecule has 0 saturated heterocycles. The smallest absolute Gasteiger partial charge is 0.244 e. The van der Waals surface area contributed by atoms with Crippen LogP contribution >= 0.6 is 0 Å². The molecule has 0 aromatic heterocycles. The molecule has 1 N–H and O–H groups in total. The molecule has 0 aliphatic heterocycles. The molecule has 4 heteroatoms. The van der Waals surface area contributed by atoms with Crippen molar-refractivity contribution in [2.75, 3.05) is 7.11 Å². The normalized spacial score (nSPS) is 12.2. The van der Waals surface area contributed by atoms with Gasteiger partial charge >= 0.3 is 0 Å². The molecule has 0 radical (unpaired) electrons. The number of carbonyl (C=O) groups is 1. The Balaban J connectivity index is 2.03. The summed E-state index contributed by atoms with van der Waals surface area (Å²) in [7, 11) is 1.41. The first kappa shape index (κ1) is 17.7. The van der Waals surface area contributed by atoms with E-state index in [0.29, 0.717) is 5.56 Å². The fraction of sp³-hybridized carbons (Fsp3) is 0.250. The lowest BCUT2D eigenvalue weighted by atomic mass is 10.0. The van der Waals surface area contributed by atoms with Crippen molar-refractivity contribution in [3.8, 4) is 5.75 Å². The van der Waals surface area contributed by atoms with Crippen molar-refractivity contribution in [1.82, 2.24) is 5.32 Å². The number of rotatable bonds is 6. The summed E-state index contributed by atoms with van der Waals surface area (Å²) in [6.45, 7) is 4.05. The van der Waals surface area contributed by atoms with Gasteiger partial charge in [0.15, 0.2) is 11.6 Å². The van der Waals surface area contributed by atoms with Crippen molar-refractivity contribution in [1.29, 1.82) is 0 Å². The largest absolute Gasteiger partial charge is 0.494 e. The van der Waals surface area contributed by atoms with Crippen LogP contribution in [0.2, 0.25) is 0 Å². The van der Waals surface area contributed by atoms with Crippen LogP contribution < -0.4 is 10.1 Å². The van der Waals surface area contributed by atoms with Gasteiger partial charge in [0.2, 0.25) is 5.91 Å². The molecule has 2 rings (SSSR count). The minimum atomic E-state index is -0.453. The molecule has 3 nitrogen and oxygen atoms in total. The Labute approximate surface area is 142 Å². The van der Waals surface area contributed by atoms with Crippen LogP contribution in [0.25, 0.3) is 6.08 Å². The van der Waals surface area contributed by atoms with Gasteiger partial charge in [-0.2, -0.15) is 0 Å². The number of amides is 1. The van der Waals surface area contributed by atoms with Crippen LogP contribution in [0.1, 0.15) is 36.1 Å². The Hall–Kier alpha value is -2.62. The second kappa shape index (κ2) is 8.29. The molecule has 0 aliphatic rings. The average molecular weight is 327 g/mol. The van der Waals surface area contributed by atoms with E-state index in [1.54, 1.807) is 12.1 Å². The fourth-order valence-electron chi connectivity index (χ4n) is 2.40. The predicted octanol–water partition coefficient (Wildman–Crippen LogP) is 4.42. The highest BCUT2D eigenvalue weighted by Gasteiger charge is 2.10. The van der Waals surface area contributed by atoms with Gasteiger partial charge in [0.1, 0.15) is 0 Å². The molecule has 0 fully saturated rings. The van der Waals surface area contributed by atoms with Gasteiger partial charge in [-0.05, 0) is 42.7 Å². The van der Waals surface area contributed by atoms with Crippen LogP contribution in [0.4, 0.5) is 4.39 Å². The number of nitrogens with one attached hydrogen (secondary N) is 1. The number of hydrogen-bond acceptors (Lipinski definition) is 2. The molecule has 126 valence electrons. The Morgan fingerprint density at radius 2 is 1.96 bits per heavy atom. The number of methoxy groups -OCH3 is 1. The number of ether oxygens (including phenoxy) is 1. The van der Waals surface area contributed by atoms with Crippen LogP contribution in [0.3, 0.4) is 0 Å². The lowest BCUT2D eigenvalue weighted by molar-refractivity contribution is -0.117. The van der Waals surface area contributed by atoms with E-state index in [4.69, 9.17) is 4.74 Å². The number of aryl methyl sites for hydroxylation is 1. The first-order valence-corrected chi connectivity index (χ1v) is 7.92. The molecule has 1 amide bonds. The Morgan fingerprint density at radius 3 is 2.54 bits per heavy atom. The summed E-state index contributed by atoms with van der Waals surface area (Å²) >= 11 is 0. The minimum absolute atomic E-state index is 0.0460. The molecule has 2 aromatic rings. The average Bonchev–Trinajstić information content (AvgIpc) is 2.59. The maximum absolute atomic E-state index is 13.6. The molecule has 0 aliphatic carbocycles. The van der Waals surface area contributed by atoms with Crippen LogP contribution in [-0.4, -0.2) is 13.0 Å². The molecule has 0 spiro atoms. The summed E-state index contributed by atoms with van der Waals surface area (Å²) in [5.41, 5.74) is 2.86. The number of carbonyl (C=O) groups excluding carboxylic acids is 1. The van der Waals surface area contributed by atoms with E-state index < -0.39 is 5.82 Å². The lowest BCUT2D eigenvalue weighted by Gasteiger charge is -2.16. The quantitative estimate of drug-likeness (QED) is 0.798. The zero-order valence-corrected chi connectivity index (χ0v) is 14.2.